The first-order valence-electron chi connectivity index (χ1n) is 6.96. The van der Waals surface area contributed by atoms with Crippen molar-refractivity contribution in [3.05, 3.63) is 33.9 Å². The van der Waals surface area contributed by atoms with Gasteiger partial charge >= 0.3 is 5.69 Å². The molecule has 0 atom stereocenters. The minimum atomic E-state index is -1.20. The third-order valence-electron chi connectivity index (χ3n) is 4.14. The first-order chi connectivity index (χ1) is 9.97. The Hall–Kier alpha value is -1.76. The highest BCUT2D eigenvalue weighted by molar-refractivity contribution is 5.53. The van der Waals surface area contributed by atoms with Crippen LogP contribution in [0.15, 0.2) is 12.1 Å². The molecular weight excluding hydrogens is 282 g/mol. The van der Waals surface area contributed by atoms with Gasteiger partial charge in [-0.2, -0.15) is 4.39 Å². The Morgan fingerprint density at radius 1 is 1.24 bits per heavy atom. The molecule has 1 aromatic rings. The number of halogens is 2. The van der Waals surface area contributed by atoms with Gasteiger partial charge in [-0.25, -0.2) is 4.39 Å². The number of rotatable bonds is 5. The number of hydrogen-bond acceptors (Lipinski definition) is 4. The van der Waals surface area contributed by atoms with Crippen LogP contribution in [0.2, 0.25) is 0 Å². The predicted octanol–water partition coefficient (Wildman–Crippen LogP) is 3.23. The number of nitro groups is 1. The van der Waals surface area contributed by atoms with Gasteiger partial charge in [-0.1, -0.05) is 19.3 Å². The Labute approximate surface area is 121 Å². The number of anilines is 1. The van der Waals surface area contributed by atoms with Crippen LogP contribution in [0.4, 0.5) is 20.2 Å². The molecule has 0 aromatic heterocycles. The van der Waals surface area contributed by atoms with Crippen molar-refractivity contribution in [2.24, 2.45) is 5.41 Å². The molecule has 2 N–H and O–H groups in total. The largest absolute Gasteiger partial charge is 0.396 e. The molecule has 7 heteroatoms. The molecule has 116 valence electrons. The standard InChI is InChI=1S/C14H18F2N2O3/c15-10-6-11(16)13(18(20)21)7-12(10)17-8-14(9-19)4-2-1-3-5-14/h6-7,17,19H,1-5,8-9H2. The van der Waals surface area contributed by atoms with Crippen LogP contribution in [0.1, 0.15) is 32.1 Å². The lowest BCUT2D eigenvalue weighted by Gasteiger charge is -2.36. The molecular formula is C14H18F2N2O3. The van der Waals surface area contributed by atoms with Gasteiger partial charge in [-0.15, -0.1) is 0 Å². The fourth-order valence-electron chi connectivity index (χ4n) is 2.79. The van der Waals surface area contributed by atoms with Crippen LogP contribution in [0.25, 0.3) is 0 Å². The van der Waals surface area contributed by atoms with Gasteiger partial charge in [0.1, 0.15) is 5.82 Å². The van der Waals surface area contributed by atoms with Crippen molar-refractivity contribution in [1.82, 2.24) is 0 Å². The Morgan fingerprint density at radius 2 is 1.90 bits per heavy atom. The van der Waals surface area contributed by atoms with Gasteiger partial charge < -0.3 is 10.4 Å². The average Bonchev–Trinajstić information content (AvgIpc) is 2.47. The van der Waals surface area contributed by atoms with Crippen LogP contribution in [-0.4, -0.2) is 23.2 Å². The second kappa shape index (κ2) is 6.34. The maximum Gasteiger partial charge on any atom is 0.307 e. The van der Waals surface area contributed by atoms with Gasteiger partial charge in [0.25, 0.3) is 0 Å². The molecule has 2 rings (SSSR count). The molecule has 1 aliphatic rings. The lowest BCUT2D eigenvalue weighted by atomic mass is 9.74. The van der Waals surface area contributed by atoms with Crippen LogP contribution in [-0.2, 0) is 0 Å². The molecule has 0 aliphatic heterocycles. The fourth-order valence-corrected chi connectivity index (χ4v) is 2.79. The van der Waals surface area contributed by atoms with Crippen LogP contribution in [0, 0.1) is 27.2 Å². The summed E-state index contributed by atoms with van der Waals surface area (Å²) in [5.74, 6) is -2.07. The smallest absolute Gasteiger partial charge is 0.307 e. The summed E-state index contributed by atoms with van der Waals surface area (Å²) in [6.45, 7) is 0.286. The van der Waals surface area contributed by atoms with E-state index >= 15 is 0 Å². The first kappa shape index (κ1) is 15.6. The lowest BCUT2D eigenvalue weighted by Crippen LogP contribution is -2.35. The molecule has 0 saturated heterocycles. The molecule has 0 radical (unpaired) electrons. The second-order valence-electron chi connectivity index (χ2n) is 5.61. The van der Waals surface area contributed by atoms with E-state index in [-0.39, 0.29) is 17.7 Å². The zero-order valence-corrected chi connectivity index (χ0v) is 11.6. The third kappa shape index (κ3) is 3.47. The van der Waals surface area contributed by atoms with Crippen molar-refractivity contribution in [1.29, 1.82) is 0 Å². The minimum absolute atomic E-state index is 0.0229. The summed E-state index contributed by atoms with van der Waals surface area (Å²) in [5, 5.41) is 23.1. The number of benzene rings is 1. The summed E-state index contributed by atoms with van der Waals surface area (Å²) in [5.41, 5.74) is -1.21. The lowest BCUT2D eigenvalue weighted by molar-refractivity contribution is -0.387. The number of nitrogens with zero attached hydrogens (tertiary/aromatic N) is 1. The highest BCUT2D eigenvalue weighted by Gasteiger charge is 2.31. The van der Waals surface area contributed by atoms with Crippen molar-refractivity contribution in [3.8, 4) is 0 Å². The van der Waals surface area contributed by atoms with Crippen LogP contribution < -0.4 is 5.32 Å². The van der Waals surface area contributed by atoms with E-state index in [1.807, 2.05) is 0 Å². The Bertz CT molecular complexity index is 531. The summed E-state index contributed by atoms with van der Waals surface area (Å²) < 4.78 is 27.0. The highest BCUT2D eigenvalue weighted by Crippen LogP contribution is 2.36. The number of hydrogen-bond donors (Lipinski definition) is 2. The number of aliphatic hydroxyl groups is 1. The molecule has 0 amide bonds. The van der Waals surface area contributed by atoms with E-state index in [2.05, 4.69) is 5.32 Å². The number of nitrogens with one attached hydrogen (secondary N) is 1. The molecule has 1 aromatic carbocycles. The fraction of sp³-hybridized carbons (Fsp3) is 0.571. The van der Waals surface area contributed by atoms with Crippen LogP contribution in [0.5, 0.6) is 0 Å². The van der Waals surface area contributed by atoms with Crippen molar-refractivity contribution >= 4 is 11.4 Å². The summed E-state index contributed by atoms with van der Waals surface area (Å²) in [7, 11) is 0. The van der Waals surface area contributed by atoms with E-state index in [4.69, 9.17) is 0 Å². The maximum atomic E-state index is 13.7. The maximum absolute atomic E-state index is 13.7. The van der Waals surface area contributed by atoms with Crippen molar-refractivity contribution in [2.75, 3.05) is 18.5 Å². The normalized spacial score (nSPS) is 17.5. The van der Waals surface area contributed by atoms with Gasteiger partial charge in [0.2, 0.25) is 5.82 Å². The van der Waals surface area contributed by atoms with Gasteiger partial charge in [-0.05, 0) is 12.8 Å². The van der Waals surface area contributed by atoms with E-state index in [0.717, 1.165) is 38.2 Å². The van der Waals surface area contributed by atoms with E-state index < -0.39 is 22.2 Å². The molecule has 1 aliphatic carbocycles. The summed E-state index contributed by atoms with van der Waals surface area (Å²) >= 11 is 0. The first-order valence-corrected chi connectivity index (χ1v) is 6.96. The number of aliphatic hydroxyl groups excluding tert-OH is 1. The summed E-state index contributed by atoms with van der Waals surface area (Å²) in [4.78, 5) is 9.80. The van der Waals surface area contributed by atoms with E-state index in [0.29, 0.717) is 12.6 Å². The van der Waals surface area contributed by atoms with E-state index in [9.17, 15) is 24.0 Å². The second-order valence-corrected chi connectivity index (χ2v) is 5.61. The quantitative estimate of drug-likeness (QED) is 0.646. The van der Waals surface area contributed by atoms with E-state index in [1.165, 1.54) is 0 Å². The van der Waals surface area contributed by atoms with Gasteiger partial charge in [0.15, 0.2) is 0 Å². The summed E-state index contributed by atoms with van der Waals surface area (Å²) in [6.07, 6.45) is 4.74. The topological polar surface area (TPSA) is 75.4 Å². The van der Waals surface area contributed by atoms with Gasteiger partial charge in [-0.3, -0.25) is 10.1 Å². The molecule has 1 fully saturated rings. The Balaban J connectivity index is 2.15. The SMILES string of the molecule is O=[N+]([O-])c1cc(NCC2(CO)CCCCC2)c(F)cc1F. The summed E-state index contributed by atoms with van der Waals surface area (Å²) in [6, 6.07) is 1.37. The molecule has 1 saturated carbocycles. The minimum Gasteiger partial charge on any atom is -0.396 e. The van der Waals surface area contributed by atoms with Crippen molar-refractivity contribution in [3.63, 3.8) is 0 Å². The third-order valence-corrected chi connectivity index (χ3v) is 4.14. The molecule has 0 heterocycles. The van der Waals surface area contributed by atoms with E-state index in [1.54, 1.807) is 0 Å². The Morgan fingerprint density at radius 3 is 2.48 bits per heavy atom. The zero-order valence-electron chi connectivity index (χ0n) is 11.6. The monoisotopic (exact) mass is 300 g/mol. The van der Waals surface area contributed by atoms with Crippen LogP contribution in [0.3, 0.4) is 0 Å². The Kier molecular flexibility index (Phi) is 4.72. The molecule has 5 nitrogen and oxygen atoms in total. The molecule has 21 heavy (non-hydrogen) atoms. The molecule has 0 spiro atoms. The predicted molar refractivity (Wildman–Crippen MR) is 74.1 cm³/mol. The van der Waals surface area contributed by atoms with Crippen molar-refractivity contribution in [2.45, 2.75) is 32.1 Å². The van der Waals surface area contributed by atoms with Gasteiger partial charge in [0, 0.05) is 24.1 Å². The van der Waals surface area contributed by atoms with Gasteiger partial charge in [0.05, 0.1) is 17.2 Å². The molecule has 0 unspecified atom stereocenters. The highest BCUT2D eigenvalue weighted by atomic mass is 19.1. The van der Waals surface area contributed by atoms with Crippen molar-refractivity contribution < 1.29 is 18.8 Å². The average molecular weight is 300 g/mol. The molecule has 0 bridgehead atoms. The van der Waals surface area contributed by atoms with Crippen LogP contribution >= 0.6 is 0 Å². The number of nitro benzene ring substituents is 1. The zero-order chi connectivity index (χ0) is 15.5.